The highest BCUT2D eigenvalue weighted by Crippen LogP contribution is 2.11. The minimum atomic E-state index is -0.223. The molecule has 0 saturated heterocycles. The Hall–Kier alpha value is -1.69. The first-order chi connectivity index (χ1) is 7.65. The lowest BCUT2D eigenvalue weighted by molar-refractivity contribution is 0.102. The summed E-state index contributed by atoms with van der Waals surface area (Å²) in [4.78, 5) is 15.8. The zero-order valence-corrected chi connectivity index (χ0v) is 10.1. The number of carbonyl (C=O) groups is 1. The SMILES string of the molecule is Cn1cc(C(=O)Nc2cccc(Br)n2)cn1. The van der Waals surface area contributed by atoms with Gasteiger partial charge in [-0.15, -0.1) is 0 Å². The molecule has 0 atom stereocenters. The minimum absolute atomic E-state index is 0.223. The Morgan fingerprint density at radius 1 is 1.50 bits per heavy atom. The van der Waals surface area contributed by atoms with Gasteiger partial charge in [-0.05, 0) is 28.1 Å². The van der Waals surface area contributed by atoms with Crippen molar-refractivity contribution in [2.75, 3.05) is 5.32 Å². The average Bonchev–Trinajstić information content (AvgIpc) is 2.65. The van der Waals surface area contributed by atoms with E-state index in [1.165, 1.54) is 6.20 Å². The quantitative estimate of drug-likeness (QED) is 0.854. The maximum Gasteiger partial charge on any atom is 0.260 e. The van der Waals surface area contributed by atoms with Crippen LogP contribution in [0, 0.1) is 0 Å². The highest BCUT2D eigenvalue weighted by molar-refractivity contribution is 9.10. The van der Waals surface area contributed by atoms with Crippen LogP contribution in [0.1, 0.15) is 10.4 Å². The molecule has 0 unspecified atom stereocenters. The molecule has 0 saturated carbocycles. The Kier molecular flexibility index (Phi) is 3.00. The lowest BCUT2D eigenvalue weighted by atomic mass is 10.3. The Bertz CT molecular complexity index is 523. The molecular formula is C10H9BrN4O. The van der Waals surface area contributed by atoms with E-state index in [4.69, 9.17) is 0 Å². The molecule has 0 spiro atoms. The first-order valence-corrected chi connectivity index (χ1v) is 5.37. The number of nitrogens with zero attached hydrogens (tertiary/aromatic N) is 3. The van der Waals surface area contributed by atoms with Crippen molar-refractivity contribution >= 4 is 27.7 Å². The van der Waals surface area contributed by atoms with Crippen molar-refractivity contribution in [1.29, 1.82) is 0 Å². The Morgan fingerprint density at radius 3 is 2.94 bits per heavy atom. The first-order valence-electron chi connectivity index (χ1n) is 4.58. The Labute approximate surface area is 101 Å². The van der Waals surface area contributed by atoms with E-state index in [1.54, 1.807) is 36.1 Å². The zero-order valence-electron chi connectivity index (χ0n) is 8.51. The summed E-state index contributed by atoms with van der Waals surface area (Å²) in [6.07, 6.45) is 3.15. The second-order valence-electron chi connectivity index (χ2n) is 3.20. The van der Waals surface area contributed by atoms with Crippen molar-refractivity contribution in [3.63, 3.8) is 0 Å². The van der Waals surface area contributed by atoms with Gasteiger partial charge in [-0.1, -0.05) is 6.07 Å². The van der Waals surface area contributed by atoms with Crippen molar-refractivity contribution in [3.8, 4) is 0 Å². The molecule has 0 fully saturated rings. The lowest BCUT2D eigenvalue weighted by Crippen LogP contribution is -2.12. The van der Waals surface area contributed by atoms with Crippen LogP contribution >= 0.6 is 15.9 Å². The van der Waals surface area contributed by atoms with Crippen LogP contribution in [0.2, 0.25) is 0 Å². The van der Waals surface area contributed by atoms with Crippen LogP contribution in [0.4, 0.5) is 5.82 Å². The van der Waals surface area contributed by atoms with E-state index in [0.29, 0.717) is 16.0 Å². The summed E-state index contributed by atoms with van der Waals surface area (Å²) in [5, 5.41) is 6.60. The maximum atomic E-state index is 11.7. The monoisotopic (exact) mass is 280 g/mol. The zero-order chi connectivity index (χ0) is 11.5. The van der Waals surface area contributed by atoms with E-state index < -0.39 is 0 Å². The molecule has 2 aromatic heterocycles. The number of hydrogen-bond acceptors (Lipinski definition) is 3. The molecule has 82 valence electrons. The average molecular weight is 281 g/mol. The third-order valence-electron chi connectivity index (χ3n) is 1.92. The lowest BCUT2D eigenvalue weighted by Gasteiger charge is -2.02. The number of halogens is 1. The van der Waals surface area contributed by atoms with Gasteiger partial charge in [0.15, 0.2) is 0 Å². The largest absolute Gasteiger partial charge is 0.306 e. The number of amides is 1. The smallest absolute Gasteiger partial charge is 0.260 e. The molecule has 16 heavy (non-hydrogen) atoms. The van der Waals surface area contributed by atoms with Gasteiger partial charge in [-0.2, -0.15) is 5.10 Å². The van der Waals surface area contributed by atoms with E-state index in [2.05, 4.69) is 31.3 Å². The fourth-order valence-corrected chi connectivity index (χ4v) is 1.55. The normalized spacial score (nSPS) is 10.1. The van der Waals surface area contributed by atoms with E-state index in [0.717, 1.165) is 0 Å². The van der Waals surface area contributed by atoms with Gasteiger partial charge in [-0.3, -0.25) is 9.48 Å². The molecular weight excluding hydrogens is 272 g/mol. The van der Waals surface area contributed by atoms with E-state index in [-0.39, 0.29) is 5.91 Å². The van der Waals surface area contributed by atoms with Crippen molar-refractivity contribution in [1.82, 2.24) is 14.8 Å². The molecule has 0 radical (unpaired) electrons. The maximum absolute atomic E-state index is 11.7. The van der Waals surface area contributed by atoms with Gasteiger partial charge in [0, 0.05) is 13.2 Å². The molecule has 0 aliphatic carbocycles. The van der Waals surface area contributed by atoms with Gasteiger partial charge in [-0.25, -0.2) is 4.98 Å². The summed E-state index contributed by atoms with van der Waals surface area (Å²) in [6.45, 7) is 0. The predicted molar refractivity (Wildman–Crippen MR) is 63.1 cm³/mol. The second-order valence-corrected chi connectivity index (χ2v) is 4.01. The number of nitrogens with one attached hydrogen (secondary N) is 1. The number of aromatic nitrogens is 3. The van der Waals surface area contributed by atoms with Gasteiger partial charge < -0.3 is 5.32 Å². The standard InChI is InChI=1S/C10H9BrN4O/c1-15-6-7(5-12-15)10(16)14-9-4-2-3-8(11)13-9/h2-6H,1H3,(H,13,14,16). The summed E-state index contributed by atoms with van der Waals surface area (Å²) < 4.78 is 2.25. The molecule has 5 nitrogen and oxygen atoms in total. The molecule has 1 N–H and O–H groups in total. The third-order valence-corrected chi connectivity index (χ3v) is 2.37. The topological polar surface area (TPSA) is 59.8 Å². The highest BCUT2D eigenvalue weighted by atomic mass is 79.9. The molecule has 1 amide bonds. The number of hydrogen-bond donors (Lipinski definition) is 1. The van der Waals surface area contributed by atoms with Gasteiger partial charge in [0.1, 0.15) is 10.4 Å². The van der Waals surface area contributed by atoms with Crippen LogP contribution < -0.4 is 5.32 Å². The van der Waals surface area contributed by atoms with Crippen molar-refractivity contribution in [2.24, 2.45) is 7.05 Å². The molecule has 0 aliphatic rings. The Balaban J connectivity index is 2.13. The van der Waals surface area contributed by atoms with Crippen molar-refractivity contribution in [3.05, 3.63) is 40.8 Å². The first kappa shape index (κ1) is 10.8. The van der Waals surface area contributed by atoms with Crippen LogP contribution in [-0.4, -0.2) is 20.7 Å². The molecule has 2 rings (SSSR count). The van der Waals surface area contributed by atoms with Gasteiger partial charge in [0.25, 0.3) is 5.91 Å². The van der Waals surface area contributed by atoms with E-state index in [1.807, 2.05) is 0 Å². The summed E-state index contributed by atoms with van der Waals surface area (Å²) in [5.41, 5.74) is 0.504. The summed E-state index contributed by atoms with van der Waals surface area (Å²) in [5.74, 6) is 0.280. The number of pyridine rings is 1. The predicted octanol–water partition coefficient (Wildman–Crippen LogP) is 1.83. The number of carbonyl (C=O) groups excluding carboxylic acids is 1. The minimum Gasteiger partial charge on any atom is -0.306 e. The van der Waals surface area contributed by atoms with Crippen molar-refractivity contribution in [2.45, 2.75) is 0 Å². The highest BCUT2D eigenvalue weighted by Gasteiger charge is 2.08. The van der Waals surface area contributed by atoms with Crippen LogP contribution in [0.3, 0.4) is 0 Å². The van der Waals surface area contributed by atoms with Crippen LogP contribution in [-0.2, 0) is 7.05 Å². The molecule has 0 aromatic carbocycles. The molecule has 2 aromatic rings. The van der Waals surface area contributed by atoms with Gasteiger partial charge in [0.2, 0.25) is 0 Å². The summed E-state index contributed by atoms with van der Waals surface area (Å²) >= 11 is 3.23. The Morgan fingerprint density at radius 2 is 2.31 bits per heavy atom. The molecule has 2 heterocycles. The number of anilines is 1. The van der Waals surface area contributed by atoms with Crippen molar-refractivity contribution < 1.29 is 4.79 Å². The third kappa shape index (κ3) is 2.46. The fourth-order valence-electron chi connectivity index (χ4n) is 1.20. The number of rotatable bonds is 2. The fraction of sp³-hybridized carbons (Fsp3) is 0.100. The van der Waals surface area contributed by atoms with Gasteiger partial charge in [0.05, 0.1) is 11.8 Å². The van der Waals surface area contributed by atoms with Crippen LogP contribution in [0.5, 0.6) is 0 Å². The number of aryl methyl sites for hydroxylation is 1. The summed E-state index contributed by atoms with van der Waals surface area (Å²) in [7, 11) is 1.76. The van der Waals surface area contributed by atoms with E-state index >= 15 is 0 Å². The second kappa shape index (κ2) is 4.44. The molecule has 0 aliphatic heterocycles. The summed E-state index contributed by atoms with van der Waals surface area (Å²) in [6, 6.07) is 5.31. The molecule has 0 bridgehead atoms. The van der Waals surface area contributed by atoms with E-state index in [9.17, 15) is 4.79 Å². The van der Waals surface area contributed by atoms with Crippen LogP contribution in [0.15, 0.2) is 35.2 Å². The van der Waals surface area contributed by atoms with Crippen LogP contribution in [0.25, 0.3) is 0 Å². The van der Waals surface area contributed by atoms with Gasteiger partial charge >= 0.3 is 0 Å². The molecule has 6 heteroatoms.